The van der Waals surface area contributed by atoms with Crippen LogP contribution in [0, 0.1) is 0 Å². The number of aromatic amines is 1. The van der Waals surface area contributed by atoms with Gasteiger partial charge in [-0.2, -0.15) is 0 Å². The van der Waals surface area contributed by atoms with Crippen molar-refractivity contribution in [2.45, 2.75) is 6.92 Å². The van der Waals surface area contributed by atoms with Crippen molar-refractivity contribution < 1.29 is 33.3 Å². The Kier molecular flexibility index (Phi) is 6.89. The Hall–Kier alpha value is -4.14. The highest BCUT2D eigenvalue weighted by molar-refractivity contribution is 6.18. The summed E-state index contributed by atoms with van der Waals surface area (Å²) in [4.78, 5) is 44.9. The lowest BCUT2D eigenvalue weighted by Crippen LogP contribution is -2.13. The van der Waals surface area contributed by atoms with Crippen molar-refractivity contribution in [3.05, 3.63) is 60.5 Å². The number of H-pyrrole nitrogens is 1. The molecule has 1 N–H and O–H groups in total. The smallest absolute Gasteiger partial charge is 0.357 e. The van der Waals surface area contributed by atoms with E-state index >= 15 is 0 Å². The lowest BCUT2D eigenvalue weighted by atomic mass is 10.0. The normalized spacial score (nSPS) is 10.6. The number of methoxy groups -OCH3 is 1. The topological polar surface area (TPSA) is 117 Å². The summed E-state index contributed by atoms with van der Waals surface area (Å²) in [6.07, 6.45) is 2.84. The molecule has 0 saturated heterocycles. The van der Waals surface area contributed by atoms with E-state index in [9.17, 15) is 14.4 Å². The van der Waals surface area contributed by atoms with Gasteiger partial charge in [0, 0.05) is 10.8 Å². The Balaban J connectivity index is 2.33. The number of nitrogens with zero attached hydrogens (tertiary/aromatic N) is 1. The Morgan fingerprint density at radius 2 is 1.69 bits per heavy atom. The van der Waals surface area contributed by atoms with E-state index in [0.717, 1.165) is 0 Å². The molecule has 2 heterocycles. The van der Waals surface area contributed by atoms with Crippen LogP contribution in [0.2, 0.25) is 0 Å². The second-order valence-corrected chi connectivity index (χ2v) is 6.50. The highest BCUT2D eigenvalue weighted by atomic mass is 16.5. The quantitative estimate of drug-likeness (QED) is 0.306. The molecule has 0 spiro atoms. The number of hydrogen-bond acceptors (Lipinski definition) is 8. The van der Waals surface area contributed by atoms with Crippen LogP contribution in [0.3, 0.4) is 0 Å². The molecule has 3 rings (SSSR count). The van der Waals surface area contributed by atoms with Crippen LogP contribution in [0.1, 0.15) is 38.3 Å². The molecule has 0 saturated carbocycles. The minimum atomic E-state index is -0.745. The maximum atomic E-state index is 12.9. The summed E-state index contributed by atoms with van der Waals surface area (Å²) in [5, 5.41) is 0.906. The molecule has 0 aliphatic carbocycles. The summed E-state index contributed by atoms with van der Waals surface area (Å²) >= 11 is 0. The molecular weight excluding hydrogens is 416 g/mol. The number of pyridine rings is 1. The lowest BCUT2D eigenvalue weighted by molar-refractivity contribution is 0.0515. The number of benzene rings is 1. The van der Waals surface area contributed by atoms with Gasteiger partial charge in [0.15, 0.2) is 0 Å². The van der Waals surface area contributed by atoms with E-state index in [2.05, 4.69) is 23.1 Å². The zero-order valence-corrected chi connectivity index (χ0v) is 17.7. The fourth-order valence-corrected chi connectivity index (χ4v) is 3.14. The van der Waals surface area contributed by atoms with Crippen LogP contribution in [0.5, 0.6) is 5.75 Å². The van der Waals surface area contributed by atoms with Crippen molar-refractivity contribution in [2.24, 2.45) is 0 Å². The molecule has 166 valence electrons. The summed E-state index contributed by atoms with van der Waals surface area (Å²) < 4.78 is 20.8. The van der Waals surface area contributed by atoms with Gasteiger partial charge in [0.1, 0.15) is 35.9 Å². The number of esters is 3. The highest BCUT2D eigenvalue weighted by Crippen LogP contribution is 2.35. The van der Waals surface area contributed by atoms with Crippen LogP contribution < -0.4 is 4.74 Å². The minimum absolute atomic E-state index is 0.0233. The van der Waals surface area contributed by atoms with Gasteiger partial charge in [0.25, 0.3) is 0 Å². The Bertz CT molecular complexity index is 1230. The first-order valence-electron chi connectivity index (χ1n) is 9.72. The molecule has 9 heteroatoms. The van der Waals surface area contributed by atoms with E-state index in [0.29, 0.717) is 16.3 Å². The van der Waals surface area contributed by atoms with E-state index in [1.165, 1.54) is 25.3 Å². The van der Waals surface area contributed by atoms with E-state index < -0.39 is 17.9 Å². The van der Waals surface area contributed by atoms with Crippen LogP contribution in [0.25, 0.3) is 21.8 Å². The second kappa shape index (κ2) is 9.78. The fraction of sp³-hybridized carbons (Fsp3) is 0.217. The monoisotopic (exact) mass is 438 g/mol. The van der Waals surface area contributed by atoms with Crippen LogP contribution >= 0.6 is 0 Å². The van der Waals surface area contributed by atoms with E-state index in [-0.39, 0.29) is 48.0 Å². The molecule has 3 aromatic rings. The molecule has 32 heavy (non-hydrogen) atoms. The largest absolute Gasteiger partial charge is 0.494 e. The molecule has 0 fully saturated rings. The third-order valence-electron chi connectivity index (χ3n) is 4.45. The number of carbonyl (C=O) groups excluding carboxylic acids is 3. The van der Waals surface area contributed by atoms with Gasteiger partial charge in [0.2, 0.25) is 0 Å². The number of aromatic nitrogens is 2. The van der Waals surface area contributed by atoms with Gasteiger partial charge < -0.3 is 23.9 Å². The van der Waals surface area contributed by atoms with Gasteiger partial charge in [-0.05, 0) is 25.1 Å². The van der Waals surface area contributed by atoms with Crippen LogP contribution in [-0.4, -0.2) is 54.8 Å². The standard InChI is InChI=1S/C23H22N2O7/c1-5-8-31-21(26)14-12-16(23(28)32-9-6-2)25-20-17(29-4)11-13-10-15(22(27)30-7-3)24-19(13)18(14)20/h5-6,10-12,24H,1-2,7-9H2,3-4H3. The summed E-state index contributed by atoms with van der Waals surface area (Å²) in [7, 11) is 1.43. The third kappa shape index (κ3) is 4.31. The van der Waals surface area contributed by atoms with Crippen molar-refractivity contribution in [2.75, 3.05) is 26.9 Å². The van der Waals surface area contributed by atoms with Crippen molar-refractivity contribution in [3.63, 3.8) is 0 Å². The Morgan fingerprint density at radius 3 is 2.31 bits per heavy atom. The number of nitrogens with one attached hydrogen (secondary N) is 1. The lowest BCUT2D eigenvalue weighted by Gasteiger charge is -2.12. The number of carbonyl (C=O) groups is 3. The van der Waals surface area contributed by atoms with Gasteiger partial charge in [-0.15, -0.1) is 0 Å². The van der Waals surface area contributed by atoms with Gasteiger partial charge in [-0.25, -0.2) is 19.4 Å². The van der Waals surface area contributed by atoms with Crippen molar-refractivity contribution in [1.29, 1.82) is 0 Å². The zero-order chi connectivity index (χ0) is 23.3. The molecular formula is C23H22N2O7. The molecule has 0 atom stereocenters. The van der Waals surface area contributed by atoms with Crippen molar-refractivity contribution in [1.82, 2.24) is 9.97 Å². The van der Waals surface area contributed by atoms with Gasteiger partial charge in [-0.3, -0.25) is 0 Å². The average Bonchev–Trinajstić information content (AvgIpc) is 3.24. The summed E-state index contributed by atoms with van der Waals surface area (Å²) in [5.41, 5.74) is 0.781. The Morgan fingerprint density at radius 1 is 1.00 bits per heavy atom. The summed E-state index contributed by atoms with van der Waals surface area (Å²) in [6, 6.07) is 4.50. The van der Waals surface area contributed by atoms with E-state index in [4.69, 9.17) is 18.9 Å². The van der Waals surface area contributed by atoms with Crippen molar-refractivity contribution in [3.8, 4) is 5.75 Å². The van der Waals surface area contributed by atoms with Gasteiger partial charge in [0.05, 0.1) is 24.8 Å². The van der Waals surface area contributed by atoms with Crippen LogP contribution in [0.15, 0.2) is 43.5 Å². The number of hydrogen-bond donors (Lipinski definition) is 1. The first kappa shape index (κ1) is 22.5. The molecule has 0 radical (unpaired) electrons. The molecule has 0 aliphatic rings. The Labute approximate surface area is 183 Å². The highest BCUT2D eigenvalue weighted by Gasteiger charge is 2.24. The molecule has 0 bridgehead atoms. The molecule has 9 nitrogen and oxygen atoms in total. The number of rotatable bonds is 9. The third-order valence-corrected chi connectivity index (χ3v) is 4.45. The average molecular weight is 438 g/mol. The molecule has 0 amide bonds. The number of ether oxygens (including phenoxy) is 4. The van der Waals surface area contributed by atoms with Gasteiger partial charge >= 0.3 is 17.9 Å². The van der Waals surface area contributed by atoms with Crippen LogP contribution in [-0.2, 0) is 14.2 Å². The number of fused-ring (bicyclic) bond motifs is 3. The van der Waals surface area contributed by atoms with Gasteiger partial charge in [-0.1, -0.05) is 25.3 Å². The molecule has 1 aromatic carbocycles. The predicted octanol–water partition coefficient (Wildman–Crippen LogP) is 3.59. The zero-order valence-electron chi connectivity index (χ0n) is 17.7. The molecule has 0 aliphatic heterocycles. The fourth-order valence-electron chi connectivity index (χ4n) is 3.14. The maximum absolute atomic E-state index is 12.9. The summed E-state index contributed by atoms with van der Waals surface area (Å²) in [6.45, 7) is 8.88. The maximum Gasteiger partial charge on any atom is 0.357 e. The first-order valence-corrected chi connectivity index (χ1v) is 9.72. The molecule has 0 unspecified atom stereocenters. The first-order chi connectivity index (χ1) is 15.4. The summed E-state index contributed by atoms with van der Waals surface area (Å²) in [5.74, 6) is -1.72. The SMILES string of the molecule is C=CCOC(=O)c1cc(C(=O)OCC=C)c2c(n1)c(OC)cc1cc(C(=O)OCC)[nH]c12. The van der Waals surface area contributed by atoms with E-state index in [1.54, 1.807) is 19.1 Å². The minimum Gasteiger partial charge on any atom is -0.494 e. The molecule has 2 aromatic heterocycles. The van der Waals surface area contributed by atoms with Crippen LogP contribution in [0.4, 0.5) is 0 Å². The second-order valence-electron chi connectivity index (χ2n) is 6.50. The van der Waals surface area contributed by atoms with Crippen molar-refractivity contribution >= 4 is 39.7 Å². The van der Waals surface area contributed by atoms with E-state index in [1.807, 2.05) is 0 Å². The predicted molar refractivity (Wildman–Crippen MR) is 117 cm³/mol.